The maximum absolute atomic E-state index is 12.3. The van der Waals surface area contributed by atoms with Crippen molar-refractivity contribution in [2.75, 3.05) is 0 Å². The summed E-state index contributed by atoms with van der Waals surface area (Å²) in [6, 6.07) is 9.96. The molecule has 1 fully saturated rings. The zero-order valence-electron chi connectivity index (χ0n) is 12.8. The predicted molar refractivity (Wildman–Crippen MR) is 80.9 cm³/mol. The Bertz CT molecular complexity index is 524. The summed E-state index contributed by atoms with van der Waals surface area (Å²) in [7, 11) is 0. The number of carboxylic acid groups (broad SMARTS) is 1. The van der Waals surface area contributed by atoms with Gasteiger partial charge in [0.15, 0.2) is 0 Å². The van der Waals surface area contributed by atoms with E-state index >= 15 is 0 Å². The summed E-state index contributed by atoms with van der Waals surface area (Å²) < 4.78 is 0. The lowest BCUT2D eigenvalue weighted by Gasteiger charge is -2.37. The van der Waals surface area contributed by atoms with Crippen LogP contribution in [0.3, 0.4) is 0 Å². The zero-order valence-corrected chi connectivity index (χ0v) is 12.8. The molecule has 2 N–H and O–H groups in total. The van der Waals surface area contributed by atoms with E-state index in [4.69, 9.17) is 5.11 Å². The van der Waals surface area contributed by atoms with Gasteiger partial charge in [-0.15, -0.1) is 0 Å². The number of carbonyl (C=O) groups excluding carboxylic acids is 1. The van der Waals surface area contributed by atoms with Gasteiger partial charge in [-0.2, -0.15) is 0 Å². The van der Waals surface area contributed by atoms with E-state index in [0.717, 1.165) is 5.56 Å². The minimum absolute atomic E-state index is 0.0672. The second-order valence-corrected chi connectivity index (χ2v) is 6.45. The normalized spacial score (nSPS) is 23.0. The molecule has 1 aromatic rings. The van der Waals surface area contributed by atoms with Crippen LogP contribution in [0.1, 0.15) is 39.2 Å². The molecule has 0 spiro atoms. The Morgan fingerprint density at radius 2 is 1.76 bits per heavy atom. The summed E-state index contributed by atoms with van der Waals surface area (Å²) in [4.78, 5) is 23.3. The van der Waals surface area contributed by atoms with E-state index in [1.807, 2.05) is 37.3 Å². The Morgan fingerprint density at radius 3 is 2.24 bits per heavy atom. The van der Waals surface area contributed by atoms with Crippen LogP contribution in [0.5, 0.6) is 0 Å². The van der Waals surface area contributed by atoms with Gasteiger partial charge in [-0.1, -0.05) is 44.2 Å². The van der Waals surface area contributed by atoms with Crippen molar-refractivity contribution in [2.45, 2.75) is 45.1 Å². The Hall–Kier alpha value is -1.84. The van der Waals surface area contributed by atoms with Crippen LogP contribution >= 0.6 is 0 Å². The highest BCUT2D eigenvalue weighted by Crippen LogP contribution is 2.35. The molecule has 0 saturated heterocycles. The number of hydrogen-bond donors (Lipinski definition) is 2. The van der Waals surface area contributed by atoms with Crippen molar-refractivity contribution in [2.24, 2.45) is 11.8 Å². The van der Waals surface area contributed by atoms with Crippen molar-refractivity contribution in [3.8, 4) is 0 Å². The minimum atomic E-state index is -0.864. The van der Waals surface area contributed by atoms with E-state index in [-0.39, 0.29) is 23.3 Å². The van der Waals surface area contributed by atoms with Gasteiger partial charge in [0.25, 0.3) is 0 Å². The molecule has 2 rings (SSSR count). The minimum Gasteiger partial charge on any atom is -0.481 e. The molecule has 1 aliphatic carbocycles. The first-order valence-corrected chi connectivity index (χ1v) is 7.42. The fraction of sp³-hybridized carbons (Fsp3) is 0.529. The van der Waals surface area contributed by atoms with Gasteiger partial charge in [0.2, 0.25) is 5.91 Å². The molecular formula is C17H23NO3. The highest BCUT2D eigenvalue weighted by atomic mass is 16.4. The van der Waals surface area contributed by atoms with Crippen molar-refractivity contribution >= 4 is 11.9 Å². The molecular weight excluding hydrogens is 266 g/mol. The SMILES string of the molecule is CC(NC(=O)C1CCC1C(=O)O)C(C)(C)c1ccccc1. The molecule has 4 heteroatoms. The number of carboxylic acids is 1. The van der Waals surface area contributed by atoms with Crippen molar-refractivity contribution < 1.29 is 14.7 Å². The summed E-state index contributed by atoms with van der Waals surface area (Å²) in [6.07, 6.45) is 1.27. The molecule has 1 aromatic carbocycles. The van der Waals surface area contributed by atoms with Crippen LogP contribution in [0.4, 0.5) is 0 Å². The third-order valence-corrected chi connectivity index (χ3v) is 4.89. The van der Waals surface area contributed by atoms with Gasteiger partial charge in [0, 0.05) is 11.5 Å². The van der Waals surface area contributed by atoms with Crippen LogP contribution in [0, 0.1) is 11.8 Å². The van der Waals surface area contributed by atoms with Gasteiger partial charge < -0.3 is 10.4 Å². The summed E-state index contributed by atoms with van der Waals surface area (Å²) >= 11 is 0. The van der Waals surface area contributed by atoms with Gasteiger partial charge in [-0.3, -0.25) is 9.59 Å². The number of aliphatic carboxylic acids is 1. The lowest BCUT2D eigenvalue weighted by molar-refractivity contribution is -0.153. The van der Waals surface area contributed by atoms with Crippen LogP contribution in [0.2, 0.25) is 0 Å². The summed E-state index contributed by atoms with van der Waals surface area (Å²) in [5, 5.41) is 12.0. The van der Waals surface area contributed by atoms with E-state index < -0.39 is 11.9 Å². The average molecular weight is 289 g/mol. The molecule has 0 heterocycles. The van der Waals surface area contributed by atoms with Crippen molar-refractivity contribution in [3.05, 3.63) is 35.9 Å². The van der Waals surface area contributed by atoms with Crippen molar-refractivity contribution in [1.82, 2.24) is 5.32 Å². The van der Waals surface area contributed by atoms with Crippen molar-refractivity contribution in [1.29, 1.82) is 0 Å². The van der Waals surface area contributed by atoms with Crippen LogP contribution in [0.15, 0.2) is 30.3 Å². The number of hydrogen-bond acceptors (Lipinski definition) is 2. The smallest absolute Gasteiger partial charge is 0.307 e. The zero-order chi connectivity index (χ0) is 15.6. The molecule has 1 saturated carbocycles. The van der Waals surface area contributed by atoms with Crippen LogP contribution in [-0.2, 0) is 15.0 Å². The molecule has 114 valence electrons. The van der Waals surface area contributed by atoms with Gasteiger partial charge in [0.05, 0.1) is 11.8 Å². The lowest BCUT2D eigenvalue weighted by atomic mass is 9.72. The summed E-state index contributed by atoms with van der Waals surface area (Å²) in [5.74, 6) is -1.89. The molecule has 0 aliphatic heterocycles. The molecule has 1 amide bonds. The Kier molecular flexibility index (Phi) is 4.35. The van der Waals surface area contributed by atoms with Crippen LogP contribution in [0.25, 0.3) is 0 Å². The number of carbonyl (C=O) groups is 2. The van der Waals surface area contributed by atoms with E-state index in [9.17, 15) is 9.59 Å². The highest BCUT2D eigenvalue weighted by Gasteiger charge is 2.42. The Balaban J connectivity index is 2.02. The molecule has 0 radical (unpaired) electrons. The van der Waals surface area contributed by atoms with Gasteiger partial charge >= 0.3 is 5.97 Å². The van der Waals surface area contributed by atoms with E-state index in [1.165, 1.54) is 0 Å². The van der Waals surface area contributed by atoms with Crippen LogP contribution < -0.4 is 5.32 Å². The molecule has 4 nitrogen and oxygen atoms in total. The third kappa shape index (κ3) is 3.09. The standard InChI is InChI=1S/C17H23NO3/c1-11(17(2,3)12-7-5-4-6-8-12)18-15(19)13-9-10-14(13)16(20)21/h4-8,11,13-14H,9-10H2,1-3H3,(H,18,19)(H,20,21). The first kappa shape index (κ1) is 15.5. The first-order chi connectivity index (χ1) is 9.84. The third-order valence-electron chi connectivity index (χ3n) is 4.89. The second-order valence-electron chi connectivity index (χ2n) is 6.45. The molecule has 0 bridgehead atoms. The summed E-state index contributed by atoms with van der Waals surface area (Å²) in [5.41, 5.74) is 0.945. The molecule has 1 aliphatic rings. The fourth-order valence-corrected chi connectivity index (χ4v) is 2.73. The molecule has 0 aromatic heterocycles. The maximum Gasteiger partial charge on any atom is 0.307 e. The number of amides is 1. The average Bonchev–Trinajstić information content (AvgIpc) is 2.37. The van der Waals surface area contributed by atoms with E-state index in [2.05, 4.69) is 19.2 Å². The van der Waals surface area contributed by atoms with Gasteiger partial charge in [-0.25, -0.2) is 0 Å². The monoisotopic (exact) mass is 289 g/mol. The largest absolute Gasteiger partial charge is 0.481 e. The molecule has 21 heavy (non-hydrogen) atoms. The number of rotatable bonds is 5. The van der Waals surface area contributed by atoms with Crippen LogP contribution in [-0.4, -0.2) is 23.0 Å². The lowest BCUT2D eigenvalue weighted by Crippen LogP contribution is -2.51. The van der Waals surface area contributed by atoms with E-state index in [0.29, 0.717) is 12.8 Å². The first-order valence-electron chi connectivity index (χ1n) is 7.42. The molecule has 3 atom stereocenters. The second kappa shape index (κ2) is 5.88. The summed E-state index contributed by atoms with van der Waals surface area (Å²) in [6.45, 7) is 6.14. The quantitative estimate of drug-likeness (QED) is 0.875. The highest BCUT2D eigenvalue weighted by molar-refractivity contribution is 5.86. The molecule has 3 unspecified atom stereocenters. The topological polar surface area (TPSA) is 66.4 Å². The van der Waals surface area contributed by atoms with Gasteiger partial charge in [-0.05, 0) is 25.3 Å². The van der Waals surface area contributed by atoms with Gasteiger partial charge in [0.1, 0.15) is 0 Å². The predicted octanol–water partition coefficient (Wildman–Crippen LogP) is 2.58. The number of benzene rings is 1. The fourth-order valence-electron chi connectivity index (χ4n) is 2.73. The maximum atomic E-state index is 12.3. The van der Waals surface area contributed by atoms with E-state index in [1.54, 1.807) is 0 Å². The van der Waals surface area contributed by atoms with Crippen molar-refractivity contribution in [3.63, 3.8) is 0 Å². The Labute approximate surface area is 125 Å². The Morgan fingerprint density at radius 1 is 1.19 bits per heavy atom. The number of nitrogens with one attached hydrogen (secondary N) is 1.